The second-order valence-electron chi connectivity index (χ2n) is 14.1. The van der Waals surface area contributed by atoms with Crippen LogP contribution in [0.5, 0.6) is 0 Å². The van der Waals surface area contributed by atoms with Crippen LogP contribution in [0.2, 0.25) is 15.1 Å². The maximum atomic E-state index is 14.7. The normalized spacial score (nSPS) is 11.3. The molecule has 6 heterocycles. The quantitative estimate of drug-likeness (QED) is 0.153. The van der Waals surface area contributed by atoms with Crippen molar-refractivity contribution in [2.45, 2.75) is 33.9 Å². The summed E-state index contributed by atoms with van der Waals surface area (Å²) in [7, 11) is 0. The van der Waals surface area contributed by atoms with Crippen LogP contribution in [0.15, 0.2) is 94.9 Å². The molecule has 0 aliphatic carbocycles. The fourth-order valence-corrected chi connectivity index (χ4v) is 6.62. The van der Waals surface area contributed by atoms with Gasteiger partial charge in [-0.1, -0.05) is 34.8 Å². The van der Waals surface area contributed by atoms with Crippen LogP contribution in [0, 0.1) is 39.3 Å². The summed E-state index contributed by atoms with van der Waals surface area (Å²) in [5, 5.41) is 13.7. The zero-order valence-electron chi connectivity index (χ0n) is 33.8. The molecule has 0 atom stereocenters. The molecule has 330 valence electrons. The number of benzene rings is 2. The summed E-state index contributed by atoms with van der Waals surface area (Å²) in [4.78, 5) is 67.6. The van der Waals surface area contributed by atoms with Crippen LogP contribution in [0.25, 0.3) is 33.4 Å². The van der Waals surface area contributed by atoms with Crippen molar-refractivity contribution in [3.05, 3.63) is 172 Å². The Kier molecular flexibility index (Phi) is 12.8. The summed E-state index contributed by atoms with van der Waals surface area (Å²) < 4.78 is 69.8. The Morgan fingerprint density at radius 3 is 1.49 bits per heavy atom. The smallest absolute Gasteiger partial charge is 0.319 e. The zero-order chi connectivity index (χ0) is 47.1. The molecule has 14 nitrogen and oxygen atoms in total. The number of hydrogen-bond acceptors (Lipinski definition) is 10. The number of anilines is 2. The number of hydrogen-bond donors (Lipinski definition) is 2. The van der Waals surface area contributed by atoms with Crippen molar-refractivity contribution in [1.82, 2.24) is 39.5 Å². The molecule has 0 radical (unpaired) electrons. The van der Waals surface area contributed by atoms with Crippen molar-refractivity contribution in [2.75, 3.05) is 10.6 Å². The number of nitrogens with one attached hydrogen (secondary N) is 2. The molecule has 22 heteroatoms. The molecule has 2 amide bonds. The van der Waals surface area contributed by atoms with Crippen molar-refractivity contribution in [1.29, 1.82) is 0 Å². The molecule has 65 heavy (non-hydrogen) atoms. The molecule has 0 spiro atoms. The summed E-state index contributed by atoms with van der Waals surface area (Å²) in [6, 6.07) is 14.2. The van der Waals surface area contributed by atoms with Crippen molar-refractivity contribution in [3.8, 4) is 11.4 Å². The molecule has 8 rings (SSSR count). The van der Waals surface area contributed by atoms with Crippen LogP contribution in [-0.2, 0) is 6.18 Å². The molecular weight excluding hydrogens is 922 g/mol. The first-order valence-corrected chi connectivity index (χ1v) is 19.8. The Hall–Kier alpha value is -7.22. The Balaban J connectivity index is 0.000000195. The average molecular weight is 950 g/mol. The predicted molar refractivity (Wildman–Crippen MR) is 234 cm³/mol. The highest BCUT2D eigenvalue weighted by atomic mass is 35.5. The minimum absolute atomic E-state index is 0.0120. The van der Waals surface area contributed by atoms with Gasteiger partial charge in [-0.25, -0.2) is 33.1 Å². The third-order valence-corrected chi connectivity index (χ3v) is 10.3. The molecular formula is C43H28Cl3F5N10O4. The second kappa shape index (κ2) is 18.1. The van der Waals surface area contributed by atoms with E-state index in [1.54, 1.807) is 32.9 Å². The van der Waals surface area contributed by atoms with Gasteiger partial charge < -0.3 is 10.6 Å². The van der Waals surface area contributed by atoms with Gasteiger partial charge in [-0.15, -0.1) is 0 Å². The van der Waals surface area contributed by atoms with E-state index in [4.69, 9.17) is 34.8 Å². The highest BCUT2D eigenvalue weighted by Gasteiger charge is 2.32. The van der Waals surface area contributed by atoms with Crippen LogP contribution >= 0.6 is 34.8 Å². The highest BCUT2D eigenvalue weighted by molar-refractivity contribution is 6.31. The van der Waals surface area contributed by atoms with Crippen molar-refractivity contribution < 1.29 is 31.5 Å². The van der Waals surface area contributed by atoms with Crippen molar-refractivity contribution in [3.63, 3.8) is 0 Å². The lowest BCUT2D eigenvalue weighted by Gasteiger charge is -2.14. The third kappa shape index (κ3) is 9.66. The van der Waals surface area contributed by atoms with E-state index in [9.17, 15) is 41.1 Å². The number of amides is 2. The van der Waals surface area contributed by atoms with Gasteiger partial charge in [0.1, 0.15) is 39.7 Å². The fourth-order valence-electron chi connectivity index (χ4n) is 6.13. The van der Waals surface area contributed by atoms with Crippen LogP contribution in [0.3, 0.4) is 0 Å². The molecule has 0 bridgehead atoms. The maximum absolute atomic E-state index is 14.7. The van der Waals surface area contributed by atoms with Crippen LogP contribution in [0.4, 0.5) is 33.3 Å². The first-order chi connectivity index (χ1) is 30.7. The fraction of sp³-hybridized carbons (Fsp3) is 0.116. The maximum Gasteiger partial charge on any atom is 0.433 e. The number of halogens is 8. The van der Waals surface area contributed by atoms with Crippen LogP contribution < -0.4 is 21.5 Å². The topological polar surface area (TPSA) is 180 Å². The van der Waals surface area contributed by atoms with E-state index >= 15 is 0 Å². The van der Waals surface area contributed by atoms with Gasteiger partial charge in [-0.2, -0.15) is 23.4 Å². The first-order valence-electron chi connectivity index (χ1n) is 18.7. The summed E-state index contributed by atoms with van der Waals surface area (Å²) in [6.45, 7) is 6.95. The number of aromatic nitrogens is 8. The number of alkyl halides is 3. The van der Waals surface area contributed by atoms with E-state index in [1.807, 2.05) is 6.92 Å². The summed E-state index contributed by atoms with van der Waals surface area (Å²) >= 11 is 17.6. The van der Waals surface area contributed by atoms with E-state index in [-0.39, 0.29) is 54.9 Å². The molecule has 0 fully saturated rings. The van der Waals surface area contributed by atoms with Crippen LogP contribution in [-0.4, -0.2) is 51.3 Å². The first kappa shape index (κ1) is 45.8. The molecule has 0 aliphatic heterocycles. The van der Waals surface area contributed by atoms with E-state index in [2.05, 4.69) is 40.8 Å². The van der Waals surface area contributed by atoms with Crippen LogP contribution in [0.1, 0.15) is 49.2 Å². The second-order valence-corrected chi connectivity index (χ2v) is 15.4. The molecule has 6 aromatic heterocycles. The van der Waals surface area contributed by atoms with Gasteiger partial charge in [0.05, 0.1) is 39.8 Å². The predicted octanol–water partition coefficient (Wildman–Crippen LogP) is 9.35. The Labute approximate surface area is 377 Å². The number of nitrogens with zero attached hydrogens (tertiary/aromatic N) is 8. The lowest BCUT2D eigenvalue weighted by atomic mass is 10.1. The molecule has 0 aliphatic rings. The largest absolute Gasteiger partial charge is 0.433 e. The molecule has 0 unspecified atom stereocenters. The number of carbonyl (C=O) groups excluding carboxylic acids is 2. The van der Waals surface area contributed by atoms with Gasteiger partial charge in [-0.05, 0) is 106 Å². The van der Waals surface area contributed by atoms with E-state index in [1.165, 1.54) is 47.4 Å². The molecule has 8 aromatic rings. The van der Waals surface area contributed by atoms with Gasteiger partial charge in [0.25, 0.3) is 11.8 Å². The lowest BCUT2D eigenvalue weighted by molar-refractivity contribution is -0.141. The monoisotopic (exact) mass is 948 g/mol. The highest BCUT2D eigenvalue weighted by Crippen LogP contribution is 2.28. The number of aryl methyl sites for hydroxylation is 4. The average Bonchev–Trinajstić information content (AvgIpc) is 3.23. The summed E-state index contributed by atoms with van der Waals surface area (Å²) in [5.74, 6) is -3.27. The van der Waals surface area contributed by atoms with E-state index in [0.29, 0.717) is 28.0 Å². The van der Waals surface area contributed by atoms with Gasteiger partial charge in [0, 0.05) is 27.6 Å². The van der Waals surface area contributed by atoms with Gasteiger partial charge in [-0.3, -0.25) is 24.2 Å². The van der Waals surface area contributed by atoms with E-state index < -0.39 is 57.6 Å². The Morgan fingerprint density at radius 1 is 0.600 bits per heavy atom. The molecule has 2 aromatic carbocycles. The van der Waals surface area contributed by atoms with Gasteiger partial charge in [0.2, 0.25) is 10.9 Å². The van der Waals surface area contributed by atoms with Gasteiger partial charge >= 0.3 is 6.18 Å². The lowest BCUT2D eigenvalue weighted by Crippen LogP contribution is -2.28. The third-order valence-electron chi connectivity index (χ3n) is 9.59. The Bertz CT molecular complexity index is 3370. The minimum Gasteiger partial charge on any atom is -0.319 e. The van der Waals surface area contributed by atoms with E-state index in [0.717, 1.165) is 34.6 Å². The zero-order valence-corrected chi connectivity index (χ0v) is 36.1. The molecule has 2 N–H and O–H groups in total. The number of fused-ring (bicyclic) bond motifs is 2. The summed E-state index contributed by atoms with van der Waals surface area (Å²) in [5.41, 5.74) is -0.819. The number of pyridine rings is 4. The standard InChI is InChI=1S/C22H14ClF4N5O2.C21H14Cl2FN5O2/c1-10-7-16-18(29-11(10)2)20(33)19(31-32(16)15-5-3-12(23)8-14(15)24)21(34)30-13-4-6-17(28-9-13)22(25,26)27;1-10-5-17-18(26-11(10)2)20(30)19(21(31)27-14-6-13(23)8-25-9-14)28-29(17)16-4-3-12(22)7-15(16)24/h3-9H,1-2H3,(H,30,34);3-9H,1-2H3,(H,27,31). The van der Waals surface area contributed by atoms with Crippen molar-refractivity contribution in [2.24, 2.45) is 0 Å². The van der Waals surface area contributed by atoms with Gasteiger partial charge in [0.15, 0.2) is 11.4 Å². The SMILES string of the molecule is Cc1cc2c(nc1C)c(=O)c(C(=O)Nc1ccc(C(F)(F)F)nc1)nn2-c1ccc(Cl)cc1F.Cc1cc2c(nc1C)c(=O)c(C(=O)Nc1cncc(Cl)c1)nn2-c1ccc(Cl)cc1F. The Morgan fingerprint density at radius 2 is 1.08 bits per heavy atom. The number of rotatable bonds is 6. The summed E-state index contributed by atoms with van der Waals surface area (Å²) in [6.07, 6.45) is -1.09. The molecule has 0 saturated heterocycles. The number of carbonyl (C=O) groups is 2. The van der Waals surface area contributed by atoms with Crippen molar-refractivity contribution >= 4 is 80.1 Å². The molecule has 0 saturated carbocycles. The minimum atomic E-state index is -4.65.